The Morgan fingerprint density at radius 3 is 2.54 bits per heavy atom. The van der Waals surface area contributed by atoms with E-state index in [1.165, 1.54) is 0 Å². The third-order valence-electron chi connectivity index (χ3n) is 5.57. The Kier molecular flexibility index (Phi) is 7.31. The number of fused-ring (bicyclic) bond motifs is 1. The number of amides is 2. The molecule has 2 aromatic carbocycles. The zero-order valence-electron chi connectivity index (χ0n) is 19.3. The number of hydrogen-bond donors (Lipinski definition) is 2. The highest BCUT2D eigenvalue weighted by Gasteiger charge is 2.28. The number of benzene rings is 2. The minimum atomic E-state index is -0.422. The monoisotopic (exact) mass is 493 g/mol. The Labute approximate surface area is 207 Å². The lowest BCUT2D eigenvalue weighted by Gasteiger charge is -2.13. The number of carbonyl (C=O) groups is 3. The molecule has 0 aliphatic heterocycles. The predicted octanol–water partition coefficient (Wildman–Crippen LogP) is 5.14. The van der Waals surface area contributed by atoms with Crippen LogP contribution in [0.4, 0.5) is 5.69 Å². The summed E-state index contributed by atoms with van der Waals surface area (Å²) in [6.07, 6.45) is 2.08. The van der Waals surface area contributed by atoms with Gasteiger partial charge in [0.2, 0.25) is 0 Å². The molecule has 0 radical (unpaired) electrons. The molecule has 0 atom stereocenters. The van der Waals surface area contributed by atoms with Gasteiger partial charge in [0, 0.05) is 33.8 Å². The number of anilines is 1. The summed E-state index contributed by atoms with van der Waals surface area (Å²) in [5.41, 5.74) is 5.93. The highest BCUT2D eigenvalue weighted by atomic mass is 35.5. The van der Waals surface area contributed by atoms with Gasteiger partial charge in [-0.1, -0.05) is 17.7 Å². The van der Waals surface area contributed by atoms with Gasteiger partial charge in [0.1, 0.15) is 5.76 Å². The van der Waals surface area contributed by atoms with Crippen LogP contribution in [0.1, 0.15) is 67.9 Å². The number of nitrogens with one attached hydrogen (secondary N) is 2. The van der Waals surface area contributed by atoms with Gasteiger partial charge in [-0.15, -0.1) is 0 Å². The number of hydrazone groups is 1. The van der Waals surface area contributed by atoms with Crippen LogP contribution in [0.2, 0.25) is 5.02 Å². The van der Waals surface area contributed by atoms with E-state index < -0.39 is 11.9 Å². The van der Waals surface area contributed by atoms with Crippen LogP contribution in [-0.4, -0.2) is 30.1 Å². The topological polar surface area (TPSA) is 110 Å². The molecule has 180 valence electrons. The summed E-state index contributed by atoms with van der Waals surface area (Å²) >= 11 is 5.96. The number of ether oxygens (including phenoxy) is 1. The highest BCUT2D eigenvalue weighted by molar-refractivity contribution is 6.31. The molecule has 3 aromatic rings. The molecular formula is C26H24ClN3O5. The van der Waals surface area contributed by atoms with Crippen LogP contribution in [0.15, 0.2) is 58.0 Å². The van der Waals surface area contributed by atoms with E-state index in [1.54, 1.807) is 62.4 Å². The van der Waals surface area contributed by atoms with Crippen molar-refractivity contribution in [2.24, 2.45) is 5.10 Å². The van der Waals surface area contributed by atoms with Crippen LogP contribution in [0.5, 0.6) is 0 Å². The van der Waals surface area contributed by atoms with Gasteiger partial charge in [0.05, 0.1) is 17.9 Å². The molecule has 0 saturated heterocycles. The zero-order chi connectivity index (χ0) is 24.9. The van der Waals surface area contributed by atoms with Gasteiger partial charge in [-0.3, -0.25) is 9.59 Å². The number of esters is 1. The molecule has 2 N–H and O–H groups in total. The summed E-state index contributed by atoms with van der Waals surface area (Å²) in [4.78, 5) is 37.2. The number of rotatable bonds is 6. The zero-order valence-corrected chi connectivity index (χ0v) is 20.1. The lowest BCUT2D eigenvalue weighted by molar-refractivity contribution is 0.0526. The van der Waals surface area contributed by atoms with Crippen LogP contribution < -0.4 is 10.7 Å². The van der Waals surface area contributed by atoms with Gasteiger partial charge in [0.15, 0.2) is 5.76 Å². The van der Waals surface area contributed by atoms with Crippen LogP contribution in [-0.2, 0) is 11.2 Å². The number of hydrogen-bond acceptors (Lipinski definition) is 6. The number of halogens is 1. The van der Waals surface area contributed by atoms with Crippen LogP contribution in [0.3, 0.4) is 0 Å². The van der Waals surface area contributed by atoms with E-state index >= 15 is 0 Å². The van der Waals surface area contributed by atoms with E-state index in [9.17, 15) is 14.4 Å². The molecule has 0 spiro atoms. The Morgan fingerprint density at radius 2 is 1.83 bits per heavy atom. The van der Waals surface area contributed by atoms with Crippen molar-refractivity contribution in [3.8, 4) is 0 Å². The Balaban J connectivity index is 1.51. The molecule has 9 heteroatoms. The standard InChI is InChI=1S/C26H24ClN3O5/c1-3-34-26(33)16-10-12-19(13-11-16)28-25(32)23-15(2)22-20(8-5-9-21(22)35-23)29-30-24(31)17-6-4-7-18(27)14-17/h4,6-7,10-14H,3,5,8-9H2,1-2H3,(H,28,32)(H,30,31)/b29-20+. The largest absolute Gasteiger partial charge is 0.462 e. The minimum absolute atomic E-state index is 0.181. The fourth-order valence-corrected chi connectivity index (χ4v) is 4.09. The van der Waals surface area contributed by atoms with E-state index in [1.807, 2.05) is 0 Å². The molecular weight excluding hydrogens is 470 g/mol. The van der Waals surface area contributed by atoms with Gasteiger partial charge in [-0.05, 0) is 69.2 Å². The lowest BCUT2D eigenvalue weighted by atomic mass is 9.93. The number of nitrogens with zero attached hydrogens (tertiary/aromatic N) is 1. The maximum absolute atomic E-state index is 12.9. The van der Waals surface area contributed by atoms with E-state index in [2.05, 4.69) is 15.8 Å². The SMILES string of the molecule is CCOC(=O)c1ccc(NC(=O)c2oc3c(c2C)/C(=N/NC(=O)c2cccc(Cl)c2)CCC3)cc1. The van der Waals surface area contributed by atoms with E-state index in [0.717, 1.165) is 12.0 Å². The quantitative estimate of drug-likeness (QED) is 0.365. The Bertz CT molecular complexity index is 1310. The molecule has 2 amide bonds. The van der Waals surface area contributed by atoms with Crippen molar-refractivity contribution < 1.29 is 23.5 Å². The van der Waals surface area contributed by atoms with Gasteiger partial charge in [0.25, 0.3) is 11.8 Å². The van der Waals surface area contributed by atoms with Crippen molar-refractivity contribution in [1.29, 1.82) is 0 Å². The fourth-order valence-electron chi connectivity index (χ4n) is 3.90. The maximum Gasteiger partial charge on any atom is 0.338 e. The molecule has 0 unspecified atom stereocenters. The summed E-state index contributed by atoms with van der Waals surface area (Å²) in [6, 6.07) is 13.0. The summed E-state index contributed by atoms with van der Waals surface area (Å²) in [7, 11) is 0. The highest BCUT2D eigenvalue weighted by Crippen LogP contribution is 2.30. The van der Waals surface area contributed by atoms with Crippen LogP contribution in [0, 0.1) is 6.92 Å². The first-order valence-corrected chi connectivity index (χ1v) is 11.6. The lowest BCUT2D eigenvalue weighted by Crippen LogP contribution is -2.22. The normalized spacial score (nSPS) is 13.7. The second-order valence-corrected chi connectivity index (χ2v) is 8.41. The first-order valence-electron chi connectivity index (χ1n) is 11.2. The maximum atomic E-state index is 12.9. The number of carbonyl (C=O) groups excluding carboxylic acids is 3. The molecule has 0 bridgehead atoms. The molecule has 35 heavy (non-hydrogen) atoms. The first kappa shape index (κ1) is 24.2. The summed E-state index contributed by atoms with van der Waals surface area (Å²) in [5.74, 6) is -0.373. The van der Waals surface area contributed by atoms with Crippen LogP contribution in [0.25, 0.3) is 0 Å². The van der Waals surface area contributed by atoms with Crippen molar-refractivity contribution in [2.75, 3.05) is 11.9 Å². The molecule has 1 aliphatic rings. The molecule has 4 rings (SSSR count). The van der Waals surface area contributed by atoms with Crippen molar-refractivity contribution in [3.63, 3.8) is 0 Å². The molecule has 8 nitrogen and oxygen atoms in total. The van der Waals surface area contributed by atoms with Crippen molar-refractivity contribution >= 4 is 40.8 Å². The molecule has 0 saturated carbocycles. The van der Waals surface area contributed by atoms with Crippen molar-refractivity contribution in [3.05, 3.63) is 87.3 Å². The predicted molar refractivity (Wildman–Crippen MR) is 132 cm³/mol. The van der Waals surface area contributed by atoms with E-state index in [4.69, 9.17) is 20.8 Å². The average Bonchev–Trinajstić information content (AvgIpc) is 3.20. The minimum Gasteiger partial charge on any atom is -0.462 e. The van der Waals surface area contributed by atoms with Gasteiger partial charge in [-0.25, -0.2) is 10.2 Å². The summed E-state index contributed by atoms with van der Waals surface area (Å²) < 4.78 is 10.9. The summed E-state index contributed by atoms with van der Waals surface area (Å²) in [6.45, 7) is 3.82. The van der Waals surface area contributed by atoms with Gasteiger partial charge < -0.3 is 14.5 Å². The molecule has 0 fully saturated rings. The van der Waals surface area contributed by atoms with E-state index in [0.29, 0.717) is 51.7 Å². The van der Waals surface area contributed by atoms with Crippen molar-refractivity contribution in [2.45, 2.75) is 33.1 Å². The Morgan fingerprint density at radius 1 is 1.06 bits per heavy atom. The van der Waals surface area contributed by atoms with Gasteiger partial charge in [-0.2, -0.15) is 5.10 Å². The Hall–Kier alpha value is -3.91. The second-order valence-electron chi connectivity index (χ2n) is 7.97. The van der Waals surface area contributed by atoms with Crippen molar-refractivity contribution in [1.82, 2.24) is 5.43 Å². The third-order valence-corrected chi connectivity index (χ3v) is 5.80. The van der Waals surface area contributed by atoms with Crippen LogP contribution >= 0.6 is 11.6 Å². The number of aryl methyl sites for hydroxylation is 1. The van der Waals surface area contributed by atoms with Gasteiger partial charge >= 0.3 is 5.97 Å². The first-order chi connectivity index (χ1) is 16.9. The third kappa shape index (κ3) is 5.44. The average molecular weight is 494 g/mol. The number of furan rings is 1. The molecule has 1 aromatic heterocycles. The van der Waals surface area contributed by atoms with E-state index in [-0.39, 0.29) is 18.3 Å². The smallest absolute Gasteiger partial charge is 0.338 e. The fraction of sp³-hybridized carbons (Fsp3) is 0.231. The second kappa shape index (κ2) is 10.6. The molecule has 1 heterocycles. The molecule has 1 aliphatic carbocycles. The summed E-state index contributed by atoms with van der Waals surface area (Å²) in [5, 5.41) is 7.58.